The van der Waals surface area contributed by atoms with Gasteiger partial charge >= 0.3 is 0 Å². The molecule has 2 unspecified atom stereocenters. The standard InChI is InChI=1S/C15H30N2O/c1-11(2)12(3)10-16-13(4)15(18)17-14-8-6-5-7-9-14/h11-14,16H,5-10H2,1-4H3,(H,17,18). The Morgan fingerprint density at radius 1 is 1.11 bits per heavy atom. The van der Waals surface area contributed by atoms with Crippen molar-refractivity contribution in [2.75, 3.05) is 6.54 Å². The minimum absolute atomic E-state index is 0.0758. The van der Waals surface area contributed by atoms with Crippen LogP contribution in [0.3, 0.4) is 0 Å². The highest BCUT2D eigenvalue weighted by Crippen LogP contribution is 2.17. The highest BCUT2D eigenvalue weighted by molar-refractivity contribution is 5.81. The van der Waals surface area contributed by atoms with E-state index in [-0.39, 0.29) is 11.9 Å². The summed E-state index contributed by atoms with van der Waals surface area (Å²) in [6.07, 6.45) is 6.15. The Kier molecular flexibility index (Phi) is 6.69. The Morgan fingerprint density at radius 2 is 1.72 bits per heavy atom. The summed E-state index contributed by atoms with van der Waals surface area (Å²) in [5.74, 6) is 1.43. The predicted molar refractivity (Wildman–Crippen MR) is 76.5 cm³/mol. The van der Waals surface area contributed by atoms with Gasteiger partial charge in [-0.3, -0.25) is 4.79 Å². The minimum atomic E-state index is -0.0758. The van der Waals surface area contributed by atoms with Gasteiger partial charge in [0.2, 0.25) is 5.91 Å². The molecule has 1 aliphatic rings. The van der Waals surface area contributed by atoms with Crippen molar-refractivity contribution in [2.45, 2.75) is 71.9 Å². The van der Waals surface area contributed by atoms with E-state index in [1.54, 1.807) is 0 Å². The van der Waals surface area contributed by atoms with Crippen LogP contribution >= 0.6 is 0 Å². The number of carbonyl (C=O) groups is 1. The quantitative estimate of drug-likeness (QED) is 0.765. The molecule has 3 nitrogen and oxygen atoms in total. The third-order valence-corrected chi connectivity index (χ3v) is 4.23. The lowest BCUT2D eigenvalue weighted by Gasteiger charge is -2.25. The molecule has 2 N–H and O–H groups in total. The van der Waals surface area contributed by atoms with E-state index in [0.29, 0.717) is 17.9 Å². The van der Waals surface area contributed by atoms with Gasteiger partial charge in [-0.2, -0.15) is 0 Å². The number of hydrogen-bond acceptors (Lipinski definition) is 2. The molecule has 1 aliphatic carbocycles. The lowest BCUT2D eigenvalue weighted by Crippen LogP contribution is -2.47. The fraction of sp³-hybridized carbons (Fsp3) is 0.933. The van der Waals surface area contributed by atoms with Gasteiger partial charge in [-0.25, -0.2) is 0 Å². The van der Waals surface area contributed by atoms with Crippen molar-refractivity contribution in [1.82, 2.24) is 10.6 Å². The van der Waals surface area contributed by atoms with E-state index in [2.05, 4.69) is 31.4 Å². The fourth-order valence-electron chi connectivity index (χ4n) is 2.26. The van der Waals surface area contributed by atoms with Gasteiger partial charge in [0.15, 0.2) is 0 Å². The number of rotatable bonds is 6. The molecule has 2 atom stereocenters. The molecule has 1 fully saturated rings. The molecule has 0 spiro atoms. The average Bonchev–Trinajstić information content (AvgIpc) is 2.36. The van der Waals surface area contributed by atoms with Crippen LogP contribution < -0.4 is 10.6 Å². The zero-order chi connectivity index (χ0) is 13.5. The maximum absolute atomic E-state index is 12.0. The van der Waals surface area contributed by atoms with Crippen LogP contribution in [0.2, 0.25) is 0 Å². The van der Waals surface area contributed by atoms with Gasteiger partial charge in [-0.1, -0.05) is 40.0 Å². The maximum Gasteiger partial charge on any atom is 0.237 e. The summed E-state index contributed by atoms with van der Waals surface area (Å²) in [7, 11) is 0. The summed E-state index contributed by atoms with van der Waals surface area (Å²) in [6, 6.07) is 0.339. The van der Waals surface area contributed by atoms with Crippen molar-refractivity contribution in [2.24, 2.45) is 11.8 Å². The summed E-state index contributed by atoms with van der Waals surface area (Å²) >= 11 is 0. The Bertz CT molecular complexity index is 247. The van der Waals surface area contributed by atoms with Gasteiger partial charge < -0.3 is 10.6 Å². The van der Waals surface area contributed by atoms with Crippen molar-refractivity contribution < 1.29 is 4.79 Å². The SMILES string of the molecule is CC(NCC(C)C(C)C)C(=O)NC1CCCCC1. The lowest BCUT2D eigenvalue weighted by molar-refractivity contribution is -0.123. The summed E-state index contributed by atoms with van der Waals surface area (Å²) < 4.78 is 0. The largest absolute Gasteiger partial charge is 0.352 e. The van der Waals surface area contributed by atoms with Crippen molar-refractivity contribution in [3.63, 3.8) is 0 Å². The van der Waals surface area contributed by atoms with E-state index in [0.717, 1.165) is 19.4 Å². The van der Waals surface area contributed by atoms with Gasteiger partial charge in [0.25, 0.3) is 0 Å². The molecule has 106 valence electrons. The van der Waals surface area contributed by atoms with E-state index in [4.69, 9.17) is 0 Å². The molecule has 0 aliphatic heterocycles. The first-order valence-corrected chi connectivity index (χ1v) is 7.54. The van der Waals surface area contributed by atoms with Crippen molar-refractivity contribution >= 4 is 5.91 Å². The monoisotopic (exact) mass is 254 g/mol. The summed E-state index contributed by atoms with van der Waals surface area (Å²) in [5, 5.41) is 6.51. The normalized spacial score (nSPS) is 20.7. The van der Waals surface area contributed by atoms with Gasteiger partial charge in [0.05, 0.1) is 6.04 Å². The molecule has 0 aromatic rings. The Hall–Kier alpha value is -0.570. The zero-order valence-electron chi connectivity index (χ0n) is 12.5. The Labute approximate surface area is 112 Å². The number of nitrogens with one attached hydrogen (secondary N) is 2. The topological polar surface area (TPSA) is 41.1 Å². The third kappa shape index (κ3) is 5.38. The molecule has 0 saturated heterocycles. The van der Waals surface area contributed by atoms with Crippen molar-refractivity contribution in [3.05, 3.63) is 0 Å². The van der Waals surface area contributed by atoms with Crippen LogP contribution in [0.15, 0.2) is 0 Å². The van der Waals surface area contributed by atoms with Gasteiger partial charge in [0.1, 0.15) is 0 Å². The zero-order valence-corrected chi connectivity index (χ0v) is 12.5. The molecule has 3 heteroatoms. The molecule has 0 heterocycles. The Morgan fingerprint density at radius 3 is 2.28 bits per heavy atom. The number of hydrogen-bond donors (Lipinski definition) is 2. The van der Waals surface area contributed by atoms with E-state index < -0.39 is 0 Å². The first kappa shape index (κ1) is 15.5. The summed E-state index contributed by atoms with van der Waals surface area (Å²) in [4.78, 5) is 12.0. The molecule has 18 heavy (non-hydrogen) atoms. The highest BCUT2D eigenvalue weighted by Gasteiger charge is 2.19. The maximum atomic E-state index is 12.0. The van der Waals surface area contributed by atoms with Crippen LogP contribution in [0, 0.1) is 11.8 Å². The van der Waals surface area contributed by atoms with Gasteiger partial charge in [0, 0.05) is 6.04 Å². The van der Waals surface area contributed by atoms with Crippen molar-refractivity contribution in [1.29, 1.82) is 0 Å². The molecule has 0 radical (unpaired) electrons. The molecular weight excluding hydrogens is 224 g/mol. The minimum Gasteiger partial charge on any atom is -0.352 e. The molecule has 0 aromatic carbocycles. The molecule has 1 amide bonds. The smallest absolute Gasteiger partial charge is 0.237 e. The first-order valence-electron chi connectivity index (χ1n) is 7.54. The molecular formula is C15H30N2O. The highest BCUT2D eigenvalue weighted by atomic mass is 16.2. The molecule has 0 aromatic heterocycles. The predicted octanol–water partition coefficient (Wildman–Crippen LogP) is 2.71. The van der Waals surface area contributed by atoms with Gasteiger partial charge in [-0.05, 0) is 38.1 Å². The fourth-order valence-corrected chi connectivity index (χ4v) is 2.26. The van der Waals surface area contributed by atoms with E-state index in [9.17, 15) is 4.79 Å². The third-order valence-electron chi connectivity index (χ3n) is 4.23. The van der Waals surface area contributed by atoms with Crippen LogP contribution in [0.1, 0.15) is 59.8 Å². The number of amides is 1. The second-order valence-corrected chi connectivity index (χ2v) is 6.19. The van der Waals surface area contributed by atoms with Crippen LogP contribution in [-0.2, 0) is 4.79 Å². The second-order valence-electron chi connectivity index (χ2n) is 6.19. The van der Waals surface area contributed by atoms with Crippen LogP contribution in [0.4, 0.5) is 0 Å². The van der Waals surface area contributed by atoms with Crippen LogP contribution in [0.5, 0.6) is 0 Å². The van der Waals surface area contributed by atoms with Gasteiger partial charge in [-0.15, -0.1) is 0 Å². The molecule has 0 bridgehead atoms. The molecule has 1 saturated carbocycles. The van der Waals surface area contributed by atoms with Crippen LogP contribution in [0.25, 0.3) is 0 Å². The lowest BCUT2D eigenvalue weighted by atomic mass is 9.95. The summed E-state index contributed by atoms with van der Waals surface area (Å²) in [6.45, 7) is 9.55. The second kappa shape index (κ2) is 7.78. The Balaban J connectivity index is 2.23. The molecule has 1 rings (SSSR count). The van der Waals surface area contributed by atoms with E-state index in [1.807, 2.05) is 6.92 Å². The number of carbonyl (C=O) groups excluding carboxylic acids is 1. The average molecular weight is 254 g/mol. The van der Waals surface area contributed by atoms with Crippen molar-refractivity contribution in [3.8, 4) is 0 Å². The van der Waals surface area contributed by atoms with Crippen LogP contribution in [-0.4, -0.2) is 24.5 Å². The van der Waals surface area contributed by atoms with E-state index in [1.165, 1.54) is 19.3 Å². The summed E-state index contributed by atoms with van der Waals surface area (Å²) in [5.41, 5.74) is 0. The van der Waals surface area contributed by atoms with E-state index >= 15 is 0 Å². The first-order chi connectivity index (χ1) is 8.50.